The van der Waals surface area contributed by atoms with Crippen LogP contribution in [0.2, 0.25) is 0 Å². The Balaban J connectivity index is 1.66. The summed E-state index contributed by atoms with van der Waals surface area (Å²) in [5.41, 5.74) is 10.7. The van der Waals surface area contributed by atoms with E-state index in [-0.39, 0.29) is 6.04 Å². The summed E-state index contributed by atoms with van der Waals surface area (Å²) in [5.74, 6) is 0. The molecule has 1 atom stereocenters. The van der Waals surface area contributed by atoms with Crippen molar-refractivity contribution in [3.63, 3.8) is 0 Å². The number of hydrogen-bond acceptors (Lipinski definition) is 3. The fourth-order valence-electron chi connectivity index (χ4n) is 2.99. The number of aryl methyl sites for hydroxylation is 2. The van der Waals surface area contributed by atoms with Crippen molar-refractivity contribution in [2.75, 3.05) is 32.8 Å². The molecule has 1 aliphatic carbocycles. The average molecular weight is 246 g/mol. The smallest absolute Gasteiger partial charge is 0.0594 e. The maximum absolute atomic E-state index is 6.34. The molecule has 0 aromatic heterocycles. The summed E-state index contributed by atoms with van der Waals surface area (Å²) in [4.78, 5) is 2.40. The van der Waals surface area contributed by atoms with Gasteiger partial charge >= 0.3 is 0 Å². The Morgan fingerprint density at radius 1 is 1.17 bits per heavy atom. The predicted molar refractivity (Wildman–Crippen MR) is 72.7 cm³/mol. The number of hydrogen-bond donors (Lipinski definition) is 1. The fourth-order valence-corrected chi connectivity index (χ4v) is 2.99. The number of nitrogens with zero attached hydrogens (tertiary/aromatic N) is 1. The molecular formula is C15H22N2O. The summed E-state index contributed by atoms with van der Waals surface area (Å²) >= 11 is 0. The lowest BCUT2D eigenvalue weighted by atomic mass is 10.0. The molecule has 1 heterocycles. The first-order chi connectivity index (χ1) is 8.83. The van der Waals surface area contributed by atoms with Crippen LogP contribution in [0, 0.1) is 0 Å². The Morgan fingerprint density at radius 2 is 1.94 bits per heavy atom. The first kappa shape index (κ1) is 12.2. The Morgan fingerprint density at radius 3 is 2.78 bits per heavy atom. The molecule has 3 rings (SSSR count). The fraction of sp³-hybridized carbons (Fsp3) is 0.600. The van der Waals surface area contributed by atoms with Crippen LogP contribution in [0.25, 0.3) is 0 Å². The number of fused-ring (bicyclic) bond motifs is 1. The number of nitrogens with two attached hydrogens (primary N) is 1. The van der Waals surface area contributed by atoms with Crippen molar-refractivity contribution >= 4 is 0 Å². The number of benzene rings is 1. The van der Waals surface area contributed by atoms with Crippen LogP contribution in [0.5, 0.6) is 0 Å². The zero-order valence-electron chi connectivity index (χ0n) is 10.9. The van der Waals surface area contributed by atoms with Crippen LogP contribution in [-0.4, -0.2) is 37.7 Å². The van der Waals surface area contributed by atoms with E-state index in [0.717, 1.165) is 32.8 Å². The summed E-state index contributed by atoms with van der Waals surface area (Å²) < 4.78 is 5.37. The van der Waals surface area contributed by atoms with Crippen molar-refractivity contribution in [1.29, 1.82) is 0 Å². The summed E-state index contributed by atoms with van der Waals surface area (Å²) in [6.07, 6.45) is 3.78. The van der Waals surface area contributed by atoms with E-state index in [4.69, 9.17) is 10.5 Å². The molecule has 1 fully saturated rings. The van der Waals surface area contributed by atoms with Crippen LogP contribution in [0.3, 0.4) is 0 Å². The summed E-state index contributed by atoms with van der Waals surface area (Å²) in [5, 5.41) is 0. The first-order valence-corrected chi connectivity index (χ1v) is 7.00. The monoisotopic (exact) mass is 246 g/mol. The molecule has 0 saturated carbocycles. The van der Waals surface area contributed by atoms with Gasteiger partial charge in [0.25, 0.3) is 0 Å². The van der Waals surface area contributed by atoms with E-state index < -0.39 is 0 Å². The first-order valence-electron chi connectivity index (χ1n) is 7.00. The van der Waals surface area contributed by atoms with Crippen molar-refractivity contribution in [1.82, 2.24) is 4.90 Å². The molecule has 2 N–H and O–H groups in total. The lowest BCUT2D eigenvalue weighted by Crippen LogP contribution is -2.40. The second-order valence-electron chi connectivity index (χ2n) is 5.40. The molecule has 0 spiro atoms. The van der Waals surface area contributed by atoms with Crippen LogP contribution in [0.1, 0.15) is 29.2 Å². The van der Waals surface area contributed by atoms with E-state index in [1.54, 1.807) is 0 Å². The summed E-state index contributed by atoms with van der Waals surface area (Å²) in [6, 6.07) is 6.95. The van der Waals surface area contributed by atoms with Crippen molar-refractivity contribution < 1.29 is 4.74 Å². The van der Waals surface area contributed by atoms with Gasteiger partial charge in [0.2, 0.25) is 0 Å². The van der Waals surface area contributed by atoms with Crippen molar-refractivity contribution in [3.8, 4) is 0 Å². The molecule has 1 aromatic carbocycles. The molecule has 2 aliphatic rings. The molecule has 0 amide bonds. The van der Waals surface area contributed by atoms with Gasteiger partial charge in [-0.1, -0.05) is 18.2 Å². The minimum Gasteiger partial charge on any atom is -0.379 e. The third-order valence-electron chi connectivity index (χ3n) is 4.11. The van der Waals surface area contributed by atoms with Gasteiger partial charge in [-0.25, -0.2) is 0 Å². The second kappa shape index (κ2) is 5.39. The predicted octanol–water partition coefficient (Wildman–Crippen LogP) is 1.51. The maximum Gasteiger partial charge on any atom is 0.0594 e. The van der Waals surface area contributed by atoms with E-state index in [1.807, 2.05) is 0 Å². The van der Waals surface area contributed by atoms with E-state index in [2.05, 4.69) is 23.1 Å². The lowest BCUT2D eigenvalue weighted by Gasteiger charge is -2.29. The third-order valence-corrected chi connectivity index (χ3v) is 4.11. The largest absolute Gasteiger partial charge is 0.379 e. The minimum atomic E-state index is 0.133. The highest BCUT2D eigenvalue weighted by Gasteiger charge is 2.17. The van der Waals surface area contributed by atoms with Gasteiger partial charge in [0.1, 0.15) is 0 Å². The van der Waals surface area contributed by atoms with Crippen molar-refractivity contribution in [2.24, 2.45) is 5.73 Å². The molecule has 1 aromatic rings. The molecule has 98 valence electrons. The van der Waals surface area contributed by atoms with E-state index >= 15 is 0 Å². The normalized spacial score (nSPS) is 21.8. The maximum atomic E-state index is 6.34. The lowest BCUT2D eigenvalue weighted by molar-refractivity contribution is 0.0352. The van der Waals surface area contributed by atoms with Gasteiger partial charge in [-0.15, -0.1) is 0 Å². The Labute approximate surface area is 109 Å². The van der Waals surface area contributed by atoms with Gasteiger partial charge in [0.05, 0.1) is 13.2 Å². The highest BCUT2D eigenvalue weighted by molar-refractivity contribution is 5.36. The quantitative estimate of drug-likeness (QED) is 0.878. The number of morpholine rings is 1. The van der Waals surface area contributed by atoms with Gasteiger partial charge in [-0.3, -0.25) is 4.90 Å². The minimum absolute atomic E-state index is 0.133. The molecule has 18 heavy (non-hydrogen) atoms. The van der Waals surface area contributed by atoms with Crippen molar-refractivity contribution in [3.05, 3.63) is 34.9 Å². The molecule has 0 radical (unpaired) electrons. The van der Waals surface area contributed by atoms with Gasteiger partial charge in [0.15, 0.2) is 0 Å². The zero-order valence-corrected chi connectivity index (χ0v) is 10.9. The summed E-state index contributed by atoms with van der Waals surface area (Å²) in [7, 11) is 0. The molecule has 0 bridgehead atoms. The Hall–Kier alpha value is -0.900. The summed E-state index contributed by atoms with van der Waals surface area (Å²) in [6.45, 7) is 4.66. The Bertz CT molecular complexity index is 413. The topological polar surface area (TPSA) is 38.5 Å². The number of ether oxygens (including phenoxy) is 1. The van der Waals surface area contributed by atoms with E-state index in [0.29, 0.717) is 0 Å². The second-order valence-corrected chi connectivity index (χ2v) is 5.40. The van der Waals surface area contributed by atoms with Crippen LogP contribution in [-0.2, 0) is 17.6 Å². The van der Waals surface area contributed by atoms with Gasteiger partial charge in [-0.05, 0) is 36.0 Å². The zero-order chi connectivity index (χ0) is 12.4. The van der Waals surface area contributed by atoms with Gasteiger partial charge in [-0.2, -0.15) is 0 Å². The van der Waals surface area contributed by atoms with E-state index in [1.165, 1.54) is 36.0 Å². The van der Waals surface area contributed by atoms with Gasteiger partial charge in [0, 0.05) is 25.7 Å². The van der Waals surface area contributed by atoms with Gasteiger partial charge < -0.3 is 10.5 Å². The molecule has 3 heteroatoms. The van der Waals surface area contributed by atoms with E-state index in [9.17, 15) is 0 Å². The highest BCUT2D eigenvalue weighted by atomic mass is 16.5. The highest BCUT2D eigenvalue weighted by Crippen LogP contribution is 2.25. The van der Waals surface area contributed by atoms with Crippen LogP contribution in [0.4, 0.5) is 0 Å². The molecule has 1 unspecified atom stereocenters. The van der Waals surface area contributed by atoms with Crippen molar-refractivity contribution in [2.45, 2.75) is 25.3 Å². The van der Waals surface area contributed by atoms with Crippen LogP contribution in [0.15, 0.2) is 18.2 Å². The molecular weight excluding hydrogens is 224 g/mol. The third kappa shape index (κ3) is 2.58. The standard InChI is InChI=1S/C15H22N2O/c16-15(11-17-6-8-18-9-7-17)14-5-4-12-2-1-3-13(12)10-14/h4-5,10,15H,1-3,6-9,11,16H2. The SMILES string of the molecule is NC(CN1CCOCC1)c1ccc2c(c1)CCC2. The average Bonchev–Trinajstić information content (AvgIpc) is 2.87. The van der Waals surface area contributed by atoms with Crippen LogP contribution >= 0.6 is 0 Å². The molecule has 3 nitrogen and oxygen atoms in total. The Kier molecular flexibility index (Phi) is 3.64. The van der Waals surface area contributed by atoms with Crippen LogP contribution < -0.4 is 5.73 Å². The molecule has 1 saturated heterocycles. The number of rotatable bonds is 3. The molecule has 1 aliphatic heterocycles.